The van der Waals surface area contributed by atoms with Gasteiger partial charge in [0.1, 0.15) is 11.8 Å². The molecule has 1 saturated heterocycles. The van der Waals surface area contributed by atoms with Crippen molar-refractivity contribution in [1.29, 1.82) is 0 Å². The first-order valence-corrected chi connectivity index (χ1v) is 5.85. The van der Waals surface area contributed by atoms with E-state index in [2.05, 4.69) is 18.5 Å². The van der Waals surface area contributed by atoms with Gasteiger partial charge in [0.2, 0.25) is 11.8 Å². The number of aliphatic hydroxyl groups is 1. The van der Waals surface area contributed by atoms with Crippen molar-refractivity contribution in [3.63, 3.8) is 0 Å². The number of aliphatic hydroxyl groups excluding tert-OH is 1. The number of hydrogen-bond acceptors (Lipinski definition) is 5. The first kappa shape index (κ1) is 13.7. The van der Waals surface area contributed by atoms with Crippen LogP contribution in [0.25, 0.3) is 0 Å². The van der Waals surface area contributed by atoms with Crippen LogP contribution < -0.4 is 5.32 Å². The van der Waals surface area contributed by atoms with Crippen molar-refractivity contribution < 1.29 is 24.3 Å². The van der Waals surface area contributed by atoms with Gasteiger partial charge in [0.05, 0.1) is 11.1 Å². The summed E-state index contributed by atoms with van der Waals surface area (Å²) < 4.78 is 0. The fraction of sp³-hybridized carbons (Fsp3) is 0.231. The molecule has 7 heteroatoms. The van der Waals surface area contributed by atoms with E-state index in [1.165, 1.54) is 0 Å². The Morgan fingerprint density at radius 1 is 1.30 bits per heavy atom. The molecule has 0 bridgehead atoms. The predicted octanol–water partition coefficient (Wildman–Crippen LogP) is -0.285. The monoisotopic (exact) mass is 276 g/mol. The van der Waals surface area contributed by atoms with Crippen LogP contribution in [0.1, 0.15) is 12.8 Å². The number of hydrogen-bond donors (Lipinski definition) is 2. The summed E-state index contributed by atoms with van der Waals surface area (Å²) in [5.41, 5.74) is -0.373. The lowest BCUT2D eigenvalue weighted by molar-refractivity contribution is -0.150. The normalized spacial score (nSPS) is 23.2. The first-order valence-electron chi connectivity index (χ1n) is 5.85. The molecule has 2 aliphatic rings. The Morgan fingerprint density at radius 3 is 2.40 bits per heavy atom. The molecule has 0 spiro atoms. The SMILES string of the molecule is C=CC1=C(C(=C)O)C(=O)N(C2CCC(=O)NC2=O)C1=O. The molecule has 1 unspecified atom stereocenters. The molecule has 2 aliphatic heterocycles. The lowest BCUT2D eigenvalue weighted by Gasteiger charge is -2.28. The quantitative estimate of drug-likeness (QED) is 0.544. The third-order valence-electron chi connectivity index (χ3n) is 3.17. The van der Waals surface area contributed by atoms with Gasteiger partial charge < -0.3 is 5.11 Å². The molecular formula is C13H12N2O5. The van der Waals surface area contributed by atoms with Gasteiger partial charge >= 0.3 is 0 Å². The minimum Gasteiger partial charge on any atom is -0.508 e. The zero-order valence-electron chi connectivity index (χ0n) is 10.5. The van der Waals surface area contributed by atoms with Crippen LogP contribution in [0.3, 0.4) is 0 Å². The van der Waals surface area contributed by atoms with Gasteiger partial charge in [-0.2, -0.15) is 0 Å². The third kappa shape index (κ3) is 1.93. The zero-order chi connectivity index (χ0) is 15.0. The molecule has 2 N–H and O–H groups in total. The number of nitrogens with one attached hydrogen (secondary N) is 1. The van der Waals surface area contributed by atoms with E-state index in [1.54, 1.807) is 0 Å². The summed E-state index contributed by atoms with van der Waals surface area (Å²) in [5, 5.41) is 11.5. The Morgan fingerprint density at radius 2 is 1.95 bits per heavy atom. The van der Waals surface area contributed by atoms with Gasteiger partial charge in [-0.05, 0) is 6.42 Å². The summed E-state index contributed by atoms with van der Waals surface area (Å²) in [6.45, 7) is 6.63. The van der Waals surface area contributed by atoms with E-state index in [0.29, 0.717) is 0 Å². The Labute approximate surface area is 114 Å². The maximum absolute atomic E-state index is 12.2. The van der Waals surface area contributed by atoms with Crippen molar-refractivity contribution in [2.75, 3.05) is 0 Å². The maximum atomic E-state index is 12.2. The average Bonchev–Trinajstić information content (AvgIpc) is 2.61. The molecule has 0 aliphatic carbocycles. The minimum atomic E-state index is -1.07. The fourth-order valence-corrected chi connectivity index (χ4v) is 2.24. The van der Waals surface area contributed by atoms with E-state index in [4.69, 9.17) is 0 Å². The zero-order valence-corrected chi connectivity index (χ0v) is 10.5. The van der Waals surface area contributed by atoms with Crippen molar-refractivity contribution in [2.45, 2.75) is 18.9 Å². The Bertz CT molecular complexity index is 602. The van der Waals surface area contributed by atoms with E-state index >= 15 is 0 Å². The topological polar surface area (TPSA) is 104 Å². The van der Waals surface area contributed by atoms with E-state index in [9.17, 15) is 24.3 Å². The summed E-state index contributed by atoms with van der Waals surface area (Å²) in [5.74, 6) is -3.27. The molecule has 0 saturated carbocycles. The maximum Gasteiger partial charge on any atom is 0.266 e. The van der Waals surface area contributed by atoms with Crippen LogP contribution in [0.5, 0.6) is 0 Å². The summed E-state index contributed by atoms with van der Waals surface area (Å²) in [6.07, 6.45) is 1.22. The van der Waals surface area contributed by atoms with Crippen LogP contribution in [0, 0.1) is 0 Å². The van der Waals surface area contributed by atoms with Crippen LogP contribution in [-0.2, 0) is 19.2 Å². The molecule has 104 valence electrons. The number of nitrogens with zero attached hydrogens (tertiary/aromatic N) is 1. The van der Waals surface area contributed by atoms with Gasteiger partial charge in [-0.15, -0.1) is 0 Å². The first-order chi connectivity index (χ1) is 9.38. The van der Waals surface area contributed by atoms with Crippen LogP contribution >= 0.6 is 0 Å². The Hall–Kier alpha value is -2.70. The molecule has 0 aromatic heterocycles. The molecule has 4 amide bonds. The number of piperidine rings is 1. The molecule has 7 nitrogen and oxygen atoms in total. The van der Waals surface area contributed by atoms with E-state index in [1.807, 2.05) is 0 Å². The third-order valence-corrected chi connectivity index (χ3v) is 3.17. The molecule has 0 aromatic rings. The van der Waals surface area contributed by atoms with Crippen LogP contribution in [0.2, 0.25) is 0 Å². The van der Waals surface area contributed by atoms with Crippen molar-refractivity contribution >= 4 is 23.6 Å². The van der Waals surface area contributed by atoms with Gasteiger partial charge in [0, 0.05) is 6.42 Å². The molecule has 2 rings (SSSR count). The summed E-state index contributed by atoms with van der Waals surface area (Å²) in [6, 6.07) is -1.07. The highest BCUT2D eigenvalue weighted by molar-refractivity contribution is 6.24. The van der Waals surface area contributed by atoms with Gasteiger partial charge in [0.25, 0.3) is 11.8 Å². The van der Waals surface area contributed by atoms with E-state index < -0.39 is 35.4 Å². The summed E-state index contributed by atoms with van der Waals surface area (Å²) in [4.78, 5) is 47.9. The van der Waals surface area contributed by atoms with Crippen molar-refractivity contribution in [3.05, 3.63) is 36.1 Å². The van der Waals surface area contributed by atoms with Gasteiger partial charge in [-0.3, -0.25) is 29.4 Å². The summed E-state index contributed by atoms with van der Waals surface area (Å²) >= 11 is 0. The number of rotatable bonds is 3. The lowest BCUT2D eigenvalue weighted by Crippen LogP contribution is -2.54. The van der Waals surface area contributed by atoms with Crippen molar-refractivity contribution in [2.24, 2.45) is 0 Å². The molecule has 20 heavy (non-hydrogen) atoms. The molecule has 0 aromatic carbocycles. The highest BCUT2D eigenvalue weighted by Gasteiger charge is 2.45. The highest BCUT2D eigenvalue weighted by atomic mass is 16.3. The van der Waals surface area contributed by atoms with E-state index in [0.717, 1.165) is 11.0 Å². The van der Waals surface area contributed by atoms with Gasteiger partial charge in [-0.1, -0.05) is 19.2 Å². The highest BCUT2D eigenvalue weighted by Crippen LogP contribution is 2.29. The van der Waals surface area contributed by atoms with Gasteiger partial charge in [0.15, 0.2) is 0 Å². The van der Waals surface area contributed by atoms with Crippen LogP contribution in [-0.4, -0.2) is 39.7 Å². The smallest absolute Gasteiger partial charge is 0.266 e. The van der Waals surface area contributed by atoms with E-state index in [-0.39, 0.29) is 24.0 Å². The van der Waals surface area contributed by atoms with Crippen LogP contribution in [0.15, 0.2) is 36.1 Å². The lowest BCUT2D eigenvalue weighted by atomic mass is 10.0. The molecule has 1 fully saturated rings. The largest absolute Gasteiger partial charge is 0.508 e. The minimum absolute atomic E-state index is 0.0340. The predicted molar refractivity (Wildman–Crippen MR) is 67.0 cm³/mol. The van der Waals surface area contributed by atoms with Crippen molar-refractivity contribution in [1.82, 2.24) is 10.2 Å². The standard InChI is InChI=1S/C13H12N2O5/c1-3-7-10(6(2)16)13(20)15(12(7)19)8-4-5-9(17)14-11(8)18/h3,8,16H,1-2,4-5H2,(H,14,17,18). The Balaban J connectivity index is 2.37. The molecular weight excluding hydrogens is 264 g/mol. The fourth-order valence-electron chi connectivity index (χ4n) is 2.24. The average molecular weight is 276 g/mol. The number of imide groups is 2. The van der Waals surface area contributed by atoms with Crippen LogP contribution in [0.4, 0.5) is 0 Å². The second-order valence-electron chi connectivity index (χ2n) is 4.39. The number of carbonyl (C=O) groups is 4. The molecule has 1 atom stereocenters. The second kappa shape index (κ2) is 4.76. The molecule has 2 heterocycles. The molecule has 0 radical (unpaired) electrons. The summed E-state index contributed by atoms with van der Waals surface area (Å²) in [7, 11) is 0. The second-order valence-corrected chi connectivity index (χ2v) is 4.39. The Kier molecular flexibility index (Phi) is 3.27. The number of carbonyl (C=O) groups excluding carboxylic acids is 4. The number of amides is 4. The van der Waals surface area contributed by atoms with Gasteiger partial charge in [-0.25, -0.2) is 0 Å². The van der Waals surface area contributed by atoms with Crippen molar-refractivity contribution in [3.8, 4) is 0 Å².